The zero-order chi connectivity index (χ0) is 40.1. The number of carbonyl (C=O) groups excluding carboxylic acids is 1. The molecule has 0 saturated carbocycles. The van der Waals surface area contributed by atoms with Crippen LogP contribution in [0, 0.1) is 11.3 Å². The topological polar surface area (TPSA) is 68.5 Å². The summed E-state index contributed by atoms with van der Waals surface area (Å²) < 4.78 is 17.8. The third kappa shape index (κ3) is 9.90. The molecule has 0 fully saturated rings. The molecule has 0 atom stereocenters. The minimum atomic E-state index is -0.0247. The maximum absolute atomic E-state index is 11.1. The van der Waals surface area contributed by atoms with E-state index in [1.165, 1.54) is 75.2 Å². The highest BCUT2D eigenvalue weighted by molar-refractivity contribution is 7.28. The summed E-state index contributed by atoms with van der Waals surface area (Å²) in [6.45, 7) is 5.77. The molecule has 3 aromatic heterocycles. The number of nitrogens with zero attached hydrogens (tertiary/aromatic N) is 1. The summed E-state index contributed by atoms with van der Waals surface area (Å²) in [4.78, 5) is 17.7. The van der Waals surface area contributed by atoms with Gasteiger partial charge in [-0.25, -0.2) is 0 Å². The molecular formula is C50H49NO4S3. The van der Waals surface area contributed by atoms with E-state index in [0.29, 0.717) is 19.7 Å². The van der Waals surface area contributed by atoms with Crippen molar-refractivity contribution in [1.82, 2.24) is 0 Å². The minimum absolute atomic E-state index is 0.0247. The van der Waals surface area contributed by atoms with Gasteiger partial charge in [-0.1, -0.05) is 137 Å². The summed E-state index contributed by atoms with van der Waals surface area (Å²) in [5.41, 5.74) is 8.54. The summed E-state index contributed by atoms with van der Waals surface area (Å²) in [6, 6.07) is 36.7. The van der Waals surface area contributed by atoms with Crippen LogP contribution in [0.2, 0.25) is 0 Å². The number of ether oxygens (including phenoxy) is 3. The van der Waals surface area contributed by atoms with E-state index in [4.69, 9.17) is 14.2 Å². The third-order valence-electron chi connectivity index (χ3n) is 10.3. The number of nitriles is 1. The Morgan fingerprint density at radius 3 is 1.86 bits per heavy atom. The summed E-state index contributed by atoms with van der Waals surface area (Å²) >= 11 is 5.17. The van der Waals surface area contributed by atoms with Gasteiger partial charge < -0.3 is 14.2 Å². The molecule has 0 unspecified atom stereocenters. The van der Waals surface area contributed by atoms with Gasteiger partial charge >= 0.3 is 0 Å². The van der Waals surface area contributed by atoms with Crippen LogP contribution in [0.15, 0.2) is 103 Å². The van der Waals surface area contributed by atoms with Crippen molar-refractivity contribution in [2.45, 2.75) is 78.1 Å². The van der Waals surface area contributed by atoms with Gasteiger partial charge in [-0.2, -0.15) is 5.26 Å². The number of hydrogen-bond acceptors (Lipinski definition) is 8. The molecule has 296 valence electrons. The smallest absolute Gasteiger partial charge is 0.299 e. The Morgan fingerprint density at radius 1 is 0.672 bits per heavy atom. The van der Waals surface area contributed by atoms with Gasteiger partial charge in [0.15, 0.2) is 11.5 Å². The molecular weight excluding hydrogens is 775 g/mol. The molecule has 58 heavy (non-hydrogen) atoms. The molecule has 5 nitrogen and oxygen atoms in total. The van der Waals surface area contributed by atoms with E-state index < -0.39 is 0 Å². The highest BCUT2D eigenvalue weighted by Gasteiger charge is 2.30. The van der Waals surface area contributed by atoms with E-state index in [9.17, 15) is 10.1 Å². The van der Waals surface area contributed by atoms with Gasteiger partial charge in [-0.05, 0) is 82.8 Å². The number of unbranched alkanes of at least 4 members (excludes halogenated alkanes) is 6. The lowest BCUT2D eigenvalue weighted by molar-refractivity contribution is -0.124. The van der Waals surface area contributed by atoms with Gasteiger partial charge in [-0.15, -0.1) is 34.0 Å². The van der Waals surface area contributed by atoms with E-state index in [-0.39, 0.29) is 5.76 Å². The van der Waals surface area contributed by atoms with E-state index in [2.05, 4.69) is 117 Å². The highest BCUT2D eigenvalue weighted by Crippen LogP contribution is 2.57. The van der Waals surface area contributed by atoms with Crippen molar-refractivity contribution in [1.29, 1.82) is 5.26 Å². The van der Waals surface area contributed by atoms with Crippen LogP contribution in [0.3, 0.4) is 0 Å². The molecule has 7 rings (SSSR count). The molecule has 8 heteroatoms. The molecule has 0 spiro atoms. The first-order valence-corrected chi connectivity index (χ1v) is 22.9. The number of benzene rings is 3. The summed E-state index contributed by atoms with van der Waals surface area (Å²) in [5.74, 6) is 1.59. The standard InChI is InChI=1S/C50H49NO4S3/c1-3-5-7-11-21-39-30-42(32-41(33-51)55-34-52)56-48(39)50-46-45(53-27-28-54-46)49(58-50)44-31-40(22-12-8-6-4-2)47(57-44)38-25-23-35(24-26-38)29-43(36-17-13-9-14-18-36)37-19-15-10-16-20-37/h9-10,13-20,23-26,29-32,34H,3-8,11-12,21-22,27-28H2,1-2H3/b41-32+. The van der Waals surface area contributed by atoms with Crippen molar-refractivity contribution in [3.63, 3.8) is 0 Å². The van der Waals surface area contributed by atoms with Gasteiger partial charge in [0.1, 0.15) is 19.3 Å². The monoisotopic (exact) mass is 823 g/mol. The van der Waals surface area contributed by atoms with Crippen LogP contribution in [0.5, 0.6) is 11.5 Å². The number of carbonyl (C=O) groups is 1. The first kappa shape index (κ1) is 41.0. The Balaban J connectivity index is 1.27. The van der Waals surface area contributed by atoms with Crippen LogP contribution in [0.1, 0.15) is 97.9 Å². The van der Waals surface area contributed by atoms with Gasteiger partial charge in [-0.3, -0.25) is 4.79 Å². The van der Waals surface area contributed by atoms with Crippen LogP contribution in [0.25, 0.3) is 47.7 Å². The molecule has 1 aliphatic rings. The third-order valence-corrected chi connectivity index (χ3v) is 14.1. The SMILES string of the molecule is CCCCCCc1cc(-c2sc(-c3sc(/C=C(\C#N)OC=O)cc3CCCCCC)c3c2OCCO3)sc1-c1ccc(C=C(c2ccccc2)c2ccccc2)cc1. The Morgan fingerprint density at radius 2 is 1.28 bits per heavy atom. The van der Waals surface area contributed by atoms with E-state index in [1.54, 1.807) is 28.7 Å². The second-order valence-corrected chi connectivity index (χ2v) is 17.6. The molecule has 0 radical (unpaired) electrons. The molecule has 0 amide bonds. The van der Waals surface area contributed by atoms with Crippen LogP contribution >= 0.6 is 34.0 Å². The van der Waals surface area contributed by atoms with Crippen molar-refractivity contribution >= 4 is 58.2 Å². The Labute approximate surface area is 354 Å². The Bertz CT molecular complexity index is 2330. The maximum atomic E-state index is 11.1. The average molecular weight is 824 g/mol. The summed E-state index contributed by atoms with van der Waals surface area (Å²) in [7, 11) is 0. The van der Waals surface area contributed by atoms with Crippen LogP contribution in [0.4, 0.5) is 0 Å². The van der Waals surface area contributed by atoms with Crippen molar-refractivity contribution < 1.29 is 19.0 Å². The predicted octanol–water partition coefficient (Wildman–Crippen LogP) is 14.5. The van der Waals surface area contributed by atoms with E-state index in [0.717, 1.165) is 68.7 Å². The lowest BCUT2D eigenvalue weighted by Gasteiger charge is -2.17. The van der Waals surface area contributed by atoms with Crippen molar-refractivity contribution in [2.75, 3.05) is 13.2 Å². The molecule has 0 saturated heterocycles. The number of rotatable bonds is 19. The fourth-order valence-corrected chi connectivity index (χ4v) is 11.2. The number of thiophene rings is 3. The fourth-order valence-electron chi connectivity index (χ4n) is 7.36. The normalized spacial score (nSPS) is 12.3. The van der Waals surface area contributed by atoms with Crippen molar-refractivity contribution in [3.05, 3.63) is 136 Å². The number of allylic oxidation sites excluding steroid dienone is 1. The Hall–Kier alpha value is -5.20. The first-order chi connectivity index (χ1) is 28.6. The lowest BCUT2D eigenvalue weighted by Crippen LogP contribution is -2.14. The van der Waals surface area contributed by atoms with Gasteiger partial charge in [0.25, 0.3) is 6.47 Å². The molecule has 0 N–H and O–H groups in total. The predicted molar refractivity (Wildman–Crippen MR) is 244 cm³/mol. The molecule has 0 aliphatic carbocycles. The Kier molecular flexibility index (Phi) is 14.5. The van der Waals surface area contributed by atoms with Gasteiger partial charge in [0.05, 0.1) is 14.6 Å². The van der Waals surface area contributed by atoms with Crippen LogP contribution < -0.4 is 9.47 Å². The van der Waals surface area contributed by atoms with Crippen LogP contribution in [-0.4, -0.2) is 19.7 Å². The molecule has 1 aliphatic heterocycles. The van der Waals surface area contributed by atoms with Crippen molar-refractivity contribution in [3.8, 4) is 47.5 Å². The molecule has 0 bridgehead atoms. The largest absolute Gasteiger partial charge is 0.485 e. The average Bonchev–Trinajstić information content (AvgIpc) is 3.99. The molecule has 6 aromatic rings. The van der Waals surface area contributed by atoms with E-state index in [1.807, 2.05) is 17.4 Å². The van der Waals surface area contributed by atoms with Gasteiger partial charge in [0.2, 0.25) is 5.76 Å². The lowest BCUT2D eigenvalue weighted by atomic mass is 9.95. The zero-order valence-electron chi connectivity index (χ0n) is 33.3. The maximum Gasteiger partial charge on any atom is 0.299 e. The molecule has 3 aromatic carbocycles. The van der Waals surface area contributed by atoms with Gasteiger partial charge in [0, 0.05) is 20.7 Å². The summed E-state index contributed by atoms with van der Waals surface area (Å²) in [6.07, 6.45) is 15.2. The summed E-state index contributed by atoms with van der Waals surface area (Å²) in [5, 5.41) is 9.59. The number of fused-ring (bicyclic) bond motifs is 1. The zero-order valence-corrected chi connectivity index (χ0v) is 35.7. The molecule has 4 heterocycles. The quantitative estimate of drug-likeness (QED) is 0.0268. The van der Waals surface area contributed by atoms with E-state index >= 15 is 0 Å². The number of hydrogen-bond donors (Lipinski definition) is 0. The minimum Gasteiger partial charge on any atom is -0.485 e. The fraction of sp³-hybridized carbons (Fsp3) is 0.280. The highest BCUT2D eigenvalue weighted by atomic mass is 32.1. The first-order valence-electron chi connectivity index (χ1n) is 20.4. The van der Waals surface area contributed by atoms with Crippen molar-refractivity contribution in [2.24, 2.45) is 0 Å². The van der Waals surface area contributed by atoms with Crippen LogP contribution in [-0.2, 0) is 22.4 Å². The second-order valence-electron chi connectivity index (χ2n) is 14.5. The number of aryl methyl sites for hydroxylation is 2. The second kappa shape index (κ2) is 20.5.